The SMILES string of the molecule is C=Cc1ccc(-c2ccc(C=Nc3cscc3N=C)cc2)cc1. The molecule has 0 fully saturated rings. The average molecular weight is 316 g/mol. The zero-order valence-corrected chi connectivity index (χ0v) is 13.5. The van der Waals surface area contributed by atoms with Crippen molar-refractivity contribution >= 4 is 41.7 Å². The lowest BCUT2D eigenvalue weighted by molar-refractivity contribution is 1.52. The largest absolute Gasteiger partial charge is 0.262 e. The Hall–Kier alpha value is -2.78. The van der Waals surface area contributed by atoms with Crippen LogP contribution in [-0.2, 0) is 0 Å². The zero-order chi connectivity index (χ0) is 16.1. The van der Waals surface area contributed by atoms with Crippen molar-refractivity contribution in [3.8, 4) is 11.1 Å². The van der Waals surface area contributed by atoms with Crippen molar-refractivity contribution in [3.05, 3.63) is 77.0 Å². The molecule has 112 valence electrons. The second-order valence-electron chi connectivity index (χ2n) is 5.01. The van der Waals surface area contributed by atoms with Crippen LogP contribution in [0.5, 0.6) is 0 Å². The Kier molecular flexibility index (Phi) is 4.60. The van der Waals surface area contributed by atoms with Crippen molar-refractivity contribution in [1.82, 2.24) is 0 Å². The van der Waals surface area contributed by atoms with Crippen LogP contribution in [0.4, 0.5) is 11.4 Å². The van der Waals surface area contributed by atoms with Crippen molar-refractivity contribution in [2.24, 2.45) is 9.98 Å². The molecule has 0 atom stereocenters. The van der Waals surface area contributed by atoms with Gasteiger partial charge in [-0.15, -0.1) is 11.3 Å². The van der Waals surface area contributed by atoms with Crippen LogP contribution in [-0.4, -0.2) is 12.9 Å². The number of thiophene rings is 1. The van der Waals surface area contributed by atoms with Crippen molar-refractivity contribution in [2.75, 3.05) is 0 Å². The quantitative estimate of drug-likeness (QED) is 0.505. The third kappa shape index (κ3) is 3.52. The summed E-state index contributed by atoms with van der Waals surface area (Å²) in [6.07, 6.45) is 3.70. The minimum atomic E-state index is 0.824. The van der Waals surface area contributed by atoms with E-state index in [9.17, 15) is 0 Å². The van der Waals surface area contributed by atoms with Gasteiger partial charge < -0.3 is 0 Å². The topological polar surface area (TPSA) is 24.7 Å². The van der Waals surface area contributed by atoms with Crippen LogP contribution in [0.25, 0.3) is 17.2 Å². The first kappa shape index (κ1) is 15.1. The minimum Gasteiger partial charge on any atom is -0.262 e. The lowest BCUT2D eigenvalue weighted by Crippen LogP contribution is -1.82. The molecule has 2 nitrogen and oxygen atoms in total. The molecule has 3 aromatic rings. The Labute approximate surface area is 140 Å². The first-order valence-corrected chi connectivity index (χ1v) is 8.14. The first-order valence-electron chi connectivity index (χ1n) is 7.20. The summed E-state index contributed by atoms with van der Waals surface area (Å²) in [6.45, 7) is 7.33. The smallest absolute Gasteiger partial charge is 0.0993 e. The molecule has 0 aliphatic carbocycles. The van der Waals surface area contributed by atoms with E-state index in [0.717, 1.165) is 22.5 Å². The second-order valence-corrected chi connectivity index (χ2v) is 5.75. The highest BCUT2D eigenvalue weighted by Gasteiger charge is 2.00. The van der Waals surface area contributed by atoms with Gasteiger partial charge >= 0.3 is 0 Å². The fourth-order valence-corrected chi connectivity index (χ4v) is 2.92. The summed E-state index contributed by atoms with van der Waals surface area (Å²) in [5.41, 5.74) is 6.23. The van der Waals surface area contributed by atoms with Gasteiger partial charge in [-0.05, 0) is 29.0 Å². The summed E-state index contributed by atoms with van der Waals surface area (Å²) < 4.78 is 0. The molecule has 0 spiro atoms. The van der Waals surface area contributed by atoms with E-state index in [1.165, 1.54) is 11.1 Å². The van der Waals surface area contributed by atoms with Gasteiger partial charge in [0, 0.05) is 17.0 Å². The Morgan fingerprint density at radius 1 is 0.783 bits per heavy atom. The summed E-state index contributed by atoms with van der Waals surface area (Å²) in [5.74, 6) is 0. The Balaban J connectivity index is 1.78. The summed E-state index contributed by atoms with van der Waals surface area (Å²) in [4.78, 5) is 8.42. The number of benzene rings is 2. The molecule has 0 N–H and O–H groups in total. The van der Waals surface area contributed by atoms with Crippen molar-refractivity contribution in [1.29, 1.82) is 0 Å². The zero-order valence-electron chi connectivity index (χ0n) is 12.6. The van der Waals surface area contributed by atoms with E-state index in [2.05, 4.69) is 71.8 Å². The Morgan fingerprint density at radius 3 is 1.91 bits per heavy atom. The van der Waals surface area contributed by atoms with Gasteiger partial charge in [0.1, 0.15) is 0 Å². The molecule has 0 saturated carbocycles. The van der Waals surface area contributed by atoms with Gasteiger partial charge in [-0.3, -0.25) is 9.98 Å². The van der Waals surface area contributed by atoms with Crippen LogP contribution in [0.2, 0.25) is 0 Å². The Bertz CT molecular complexity index is 840. The molecule has 1 heterocycles. The molecule has 2 aromatic carbocycles. The van der Waals surface area contributed by atoms with Crippen LogP contribution in [0.3, 0.4) is 0 Å². The standard InChI is InChI=1S/C20H16N2S/c1-3-15-4-8-17(9-5-15)18-10-6-16(7-11-18)12-22-20-14-23-13-19(20)21-2/h3-14H,1-2H2. The van der Waals surface area contributed by atoms with Crippen molar-refractivity contribution < 1.29 is 0 Å². The van der Waals surface area contributed by atoms with Crippen molar-refractivity contribution in [2.45, 2.75) is 0 Å². The predicted molar refractivity (Wildman–Crippen MR) is 103 cm³/mol. The van der Waals surface area contributed by atoms with Crippen LogP contribution < -0.4 is 0 Å². The summed E-state index contributed by atoms with van der Waals surface area (Å²) in [6, 6.07) is 16.7. The maximum absolute atomic E-state index is 4.47. The molecule has 0 unspecified atom stereocenters. The molecule has 0 bridgehead atoms. The van der Waals surface area contributed by atoms with E-state index in [4.69, 9.17) is 0 Å². The molecular weight excluding hydrogens is 300 g/mol. The number of hydrogen-bond acceptors (Lipinski definition) is 3. The number of aliphatic imine (C=N–C) groups is 2. The summed E-state index contributed by atoms with van der Waals surface area (Å²) in [5, 5.41) is 3.91. The molecule has 23 heavy (non-hydrogen) atoms. The number of rotatable bonds is 5. The molecule has 0 aliphatic heterocycles. The lowest BCUT2D eigenvalue weighted by atomic mass is 10.0. The molecule has 1 aromatic heterocycles. The van der Waals surface area contributed by atoms with E-state index in [1.54, 1.807) is 11.3 Å². The molecule has 3 heteroatoms. The van der Waals surface area contributed by atoms with Crippen LogP contribution in [0.1, 0.15) is 11.1 Å². The highest BCUT2D eigenvalue weighted by molar-refractivity contribution is 7.08. The molecular formula is C20H16N2S. The van der Waals surface area contributed by atoms with Gasteiger partial charge in [-0.1, -0.05) is 61.2 Å². The van der Waals surface area contributed by atoms with Gasteiger partial charge in [0.25, 0.3) is 0 Å². The molecule has 3 rings (SSSR count). The van der Waals surface area contributed by atoms with Crippen LogP contribution >= 0.6 is 11.3 Å². The number of nitrogens with zero attached hydrogens (tertiary/aromatic N) is 2. The Morgan fingerprint density at radius 2 is 1.35 bits per heavy atom. The fourth-order valence-electron chi connectivity index (χ4n) is 2.22. The summed E-state index contributed by atoms with van der Waals surface area (Å²) in [7, 11) is 0. The highest BCUT2D eigenvalue weighted by atomic mass is 32.1. The first-order chi connectivity index (χ1) is 11.3. The average Bonchev–Trinajstić information content (AvgIpc) is 3.08. The van der Waals surface area contributed by atoms with E-state index in [1.807, 2.05) is 23.1 Å². The van der Waals surface area contributed by atoms with Crippen molar-refractivity contribution in [3.63, 3.8) is 0 Å². The molecule has 0 amide bonds. The van der Waals surface area contributed by atoms with Gasteiger partial charge in [-0.2, -0.15) is 0 Å². The van der Waals surface area contributed by atoms with E-state index < -0.39 is 0 Å². The van der Waals surface area contributed by atoms with Gasteiger partial charge in [0.15, 0.2) is 0 Å². The third-order valence-electron chi connectivity index (χ3n) is 3.54. The van der Waals surface area contributed by atoms with E-state index in [-0.39, 0.29) is 0 Å². The van der Waals surface area contributed by atoms with Gasteiger partial charge in [0.2, 0.25) is 0 Å². The minimum absolute atomic E-state index is 0.824. The van der Waals surface area contributed by atoms with Crippen LogP contribution in [0.15, 0.2) is 75.9 Å². The lowest BCUT2D eigenvalue weighted by Gasteiger charge is -2.03. The molecule has 0 saturated heterocycles. The maximum atomic E-state index is 4.47. The van der Waals surface area contributed by atoms with Gasteiger partial charge in [0.05, 0.1) is 11.4 Å². The molecule has 0 aliphatic rings. The van der Waals surface area contributed by atoms with E-state index in [0.29, 0.717) is 0 Å². The normalized spacial score (nSPS) is 10.8. The monoisotopic (exact) mass is 316 g/mol. The molecule has 0 radical (unpaired) electrons. The fraction of sp³-hybridized carbons (Fsp3) is 0. The number of hydrogen-bond donors (Lipinski definition) is 0. The van der Waals surface area contributed by atoms with Crippen LogP contribution in [0, 0.1) is 0 Å². The highest BCUT2D eigenvalue weighted by Crippen LogP contribution is 2.31. The summed E-state index contributed by atoms with van der Waals surface area (Å²) >= 11 is 1.57. The second kappa shape index (κ2) is 6.99. The van der Waals surface area contributed by atoms with Gasteiger partial charge in [-0.25, -0.2) is 0 Å². The maximum Gasteiger partial charge on any atom is 0.0993 e. The van der Waals surface area contributed by atoms with E-state index >= 15 is 0 Å². The predicted octanol–water partition coefficient (Wildman–Crippen LogP) is 6.14. The third-order valence-corrected chi connectivity index (χ3v) is 4.25.